The Balaban J connectivity index is 1.72. The molecule has 1 amide bonds. The highest BCUT2D eigenvalue weighted by atomic mass is 32.2. The zero-order valence-electron chi connectivity index (χ0n) is 11.0. The predicted octanol–water partition coefficient (Wildman–Crippen LogP) is 2.48. The molecule has 2 unspecified atom stereocenters. The van der Waals surface area contributed by atoms with Gasteiger partial charge in [0, 0.05) is 29.9 Å². The molecule has 0 spiro atoms. The summed E-state index contributed by atoms with van der Waals surface area (Å²) in [5.41, 5.74) is 1.43. The lowest BCUT2D eigenvalue weighted by Crippen LogP contribution is -2.46. The lowest BCUT2D eigenvalue weighted by Gasteiger charge is -2.29. The Morgan fingerprint density at radius 1 is 1.26 bits per heavy atom. The second-order valence-electron chi connectivity index (χ2n) is 5.29. The summed E-state index contributed by atoms with van der Waals surface area (Å²) >= 11 is 1.97. The molecule has 19 heavy (non-hydrogen) atoms. The van der Waals surface area contributed by atoms with Crippen LogP contribution in [0.2, 0.25) is 0 Å². The smallest absolute Gasteiger partial charge is 0.220 e. The summed E-state index contributed by atoms with van der Waals surface area (Å²) in [7, 11) is 0. The molecule has 3 nitrogen and oxygen atoms in total. The molecule has 1 fully saturated rings. The first kappa shape index (κ1) is 13.0. The molecule has 2 atom stereocenters. The van der Waals surface area contributed by atoms with Crippen molar-refractivity contribution < 1.29 is 4.79 Å². The first-order valence-electron chi connectivity index (χ1n) is 7.07. The Labute approximate surface area is 118 Å². The quantitative estimate of drug-likeness (QED) is 0.872. The van der Waals surface area contributed by atoms with Crippen LogP contribution >= 0.6 is 11.8 Å². The maximum absolute atomic E-state index is 11.2. The van der Waals surface area contributed by atoms with Crippen molar-refractivity contribution in [2.45, 2.75) is 42.7 Å². The van der Waals surface area contributed by atoms with Crippen LogP contribution in [0.1, 0.15) is 37.3 Å². The molecule has 0 saturated carbocycles. The van der Waals surface area contributed by atoms with E-state index < -0.39 is 0 Å². The number of hydrogen-bond acceptors (Lipinski definition) is 3. The second kappa shape index (κ2) is 5.97. The van der Waals surface area contributed by atoms with Crippen molar-refractivity contribution in [2.75, 3.05) is 12.3 Å². The van der Waals surface area contributed by atoms with Crippen LogP contribution in [-0.4, -0.2) is 24.2 Å². The fraction of sp³-hybridized carbons (Fsp3) is 0.533. The van der Waals surface area contributed by atoms with Gasteiger partial charge in [0.05, 0.1) is 0 Å². The molecule has 2 N–H and O–H groups in total. The Kier molecular flexibility index (Phi) is 4.09. The first-order valence-corrected chi connectivity index (χ1v) is 8.06. The third-order valence-electron chi connectivity index (χ3n) is 3.89. The van der Waals surface area contributed by atoms with Gasteiger partial charge in [-0.1, -0.05) is 18.2 Å². The molecular weight excluding hydrogens is 256 g/mol. The van der Waals surface area contributed by atoms with Crippen LogP contribution in [0.3, 0.4) is 0 Å². The molecule has 0 radical (unpaired) electrons. The number of nitrogens with one attached hydrogen (secondary N) is 2. The van der Waals surface area contributed by atoms with E-state index >= 15 is 0 Å². The van der Waals surface area contributed by atoms with Crippen molar-refractivity contribution in [2.24, 2.45) is 0 Å². The molecule has 3 rings (SSSR count). The Morgan fingerprint density at radius 2 is 2.16 bits per heavy atom. The fourth-order valence-electron chi connectivity index (χ4n) is 2.86. The summed E-state index contributed by atoms with van der Waals surface area (Å²) in [6.07, 6.45) is 4.04. The van der Waals surface area contributed by atoms with Crippen LogP contribution in [0.5, 0.6) is 0 Å². The zero-order valence-corrected chi connectivity index (χ0v) is 11.8. The topological polar surface area (TPSA) is 41.1 Å². The average molecular weight is 276 g/mol. The van der Waals surface area contributed by atoms with Gasteiger partial charge in [-0.05, 0) is 36.6 Å². The SMILES string of the molecule is O=C1CCC(NC2CCCSc3ccccc32)CN1. The van der Waals surface area contributed by atoms with Crippen LogP contribution in [0.4, 0.5) is 0 Å². The highest BCUT2D eigenvalue weighted by Crippen LogP contribution is 2.34. The van der Waals surface area contributed by atoms with E-state index in [9.17, 15) is 4.79 Å². The van der Waals surface area contributed by atoms with E-state index in [2.05, 4.69) is 34.9 Å². The highest BCUT2D eigenvalue weighted by Gasteiger charge is 2.24. The summed E-state index contributed by atoms with van der Waals surface area (Å²) in [6.45, 7) is 0.768. The number of piperidine rings is 1. The number of rotatable bonds is 2. The third kappa shape index (κ3) is 3.12. The minimum atomic E-state index is 0.190. The van der Waals surface area contributed by atoms with Gasteiger partial charge in [0.25, 0.3) is 0 Å². The maximum atomic E-state index is 11.2. The lowest BCUT2D eigenvalue weighted by atomic mass is 9.99. The van der Waals surface area contributed by atoms with Gasteiger partial charge in [0.15, 0.2) is 0 Å². The highest BCUT2D eigenvalue weighted by molar-refractivity contribution is 7.99. The van der Waals surface area contributed by atoms with E-state index in [-0.39, 0.29) is 5.91 Å². The monoisotopic (exact) mass is 276 g/mol. The Hall–Kier alpha value is -1.00. The van der Waals surface area contributed by atoms with Crippen molar-refractivity contribution in [1.29, 1.82) is 0 Å². The number of amides is 1. The van der Waals surface area contributed by atoms with E-state index in [1.165, 1.54) is 29.1 Å². The fourth-order valence-corrected chi connectivity index (χ4v) is 3.94. The second-order valence-corrected chi connectivity index (χ2v) is 6.42. The molecule has 0 bridgehead atoms. The number of thioether (sulfide) groups is 1. The maximum Gasteiger partial charge on any atom is 0.220 e. The Morgan fingerprint density at radius 3 is 3.00 bits per heavy atom. The van der Waals surface area contributed by atoms with Gasteiger partial charge in [-0.25, -0.2) is 0 Å². The number of carbonyl (C=O) groups excluding carboxylic acids is 1. The molecular formula is C15H20N2OS. The summed E-state index contributed by atoms with van der Waals surface area (Å²) in [4.78, 5) is 12.6. The summed E-state index contributed by atoms with van der Waals surface area (Å²) in [5.74, 6) is 1.39. The summed E-state index contributed by atoms with van der Waals surface area (Å²) < 4.78 is 0. The van der Waals surface area contributed by atoms with E-state index in [1.54, 1.807) is 0 Å². The molecule has 1 aromatic rings. The molecule has 2 aliphatic heterocycles. The van der Waals surface area contributed by atoms with E-state index in [4.69, 9.17) is 0 Å². The molecule has 1 saturated heterocycles. The van der Waals surface area contributed by atoms with Gasteiger partial charge in [0.2, 0.25) is 5.91 Å². The summed E-state index contributed by atoms with van der Waals surface area (Å²) in [5, 5.41) is 6.70. The van der Waals surface area contributed by atoms with Gasteiger partial charge in [-0.2, -0.15) is 0 Å². The minimum Gasteiger partial charge on any atom is -0.355 e. The lowest BCUT2D eigenvalue weighted by molar-refractivity contribution is -0.122. The van der Waals surface area contributed by atoms with E-state index in [1.807, 2.05) is 11.8 Å². The van der Waals surface area contributed by atoms with Gasteiger partial charge in [0.1, 0.15) is 0 Å². The molecule has 102 valence electrons. The van der Waals surface area contributed by atoms with Crippen LogP contribution in [0.25, 0.3) is 0 Å². The number of benzene rings is 1. The largest absolute Gasteiger partial charge is 0.355 e. The van der Waals surface area contributed by atoms with Gasteiger partial charge < -0.3 is 10.6 Å². The molecule has 2 aliphatic rings. The number of hydrogen-bond donors (Lipinski definition) is 2. The van der Waals surface area contributed by atoms with Crippen molar-refractivity contribution in [1.82, 2.24) is 10.6 Å². The van der Waals surface area contributed by atoms with Crippen LogP contribution in [0.15, 0.2) is 29.2 Å². The third-order valence-corrected chi connectivity index (χ3v) is 5.07. The molecule has 0 aliphatic carbocycles. The summed E-state index contributed by atoms with van der Waals surface area (Å²) in [6, 6.07) is 9.57. The molecule has 1 aromatic carbocycles. The normalized spacial score (nSPS) is 27.3. The van der Waals surface area contributed by atoms with Crippen molar-refractivity contribution in [3.63, 3.8) is 0 Å². The van der Waals surface area contributed by atoms with Crippen LogP contribution in [0, 0.1) is 0 Å². The molecule has 2 heterocycles. The van der Waals surface area contributed by atoms with E-state index in [0.717, 1.165) is 13.0 Å². The average Bonchev–Trinajstić information content (AvgIpc) is 2.64. The first-order chi connectivity index (χ1) is 9.33. The molecule has 4 heteroatoms. The van der Waals surface area contributed by atoms with Gasteiger partial charge in [-0.3, -0.25) is 4.79 Å². The number of carbonyl (C=O) groups is 1. The standard InChI is InChI=1S/C15H20N2OS/c18-15-8-7-11(10-16-15)17-13-5-3-9-19-14-6-2-1-4-12(13)14/h1-2,4,6,11,13,17H,3,5,7-10H2,(H,16,18). The van der Waals surface area contributed by atoms with Gasteiger partial charge >= 0.3 is 0 Å². The Bertz CT molecular complexity index is 453. The predicted molar refractivity (Wildman–Crippen MR) is 78.3 cm³/mol. The van der Waals surface area contributed by atoms with Crippen molar-refractivity contribution in [3.05, 3.63) is 29.8 Å². The minimum absolute atomic E-state index is 0.190. The van der Waals surface area contributed by atoms with Crippen LogP contribution in [-0.2, 0) is 4.79 Å². The molecule has 0 aromatic heterocycles. The van der Waals surface area contributed by atoms with Crippen molar-refractivity contribution >= 4 is 17.7 Å². The van der Waals surface area contributed by atoms with Crippen molar-refractivity contribution in [3.8, 4) is 0 Å². The number of fused-ring (bicyclic) bond motifs is 1. The van der Waals surface area contributed by atoms with Crippen LogP contribution < -0.4 is 10.6 Å². The van der Waals surface area contributed by atoms with Gasteiger partial charge in [-0.15, -0.1) is 11.8 Å². The zero-order chi connectivity index (χ0) is 13.1. The van der Waals surface area contributed by atoms with E-state index in [0.29, 0.717) is 18.5 Å².